The molecule has 2 aliphatic rings. The van der Waals surface area contributed by atoms with Crippen LogP contribution in [0, 0.1) is 0 Å². The summed E-state index contributed by atoms with van der Waals surface area (Å²) in [4.78, 5) is 16.2. The van der Waals surface area contributed by atoms with Gasteiger partial charge in [-0.1, -0.05) is 29.8 Å². The van der Waals surface area contributed by atoms with E-state index >= 15 is 0 Å². The summed E-state index contributed by atoms with van der Waals surface area (Å²) in [5.74, 6) is 1.75. The normalized spacial score (nSPS) is 19.5. The van der Waals surface area contributed by atoms with Gasteiger partial charge in [-0.25, -0.2) is 4.79 Å². The fourth-order valence-electron chi connectivity index (χ4n) is 3.85. The minimum atomic E-state index is -0.223. The molecule has 2 heterocycles. The molecule has 1 fully saturated rings. The number of piperazine rings is 1. The van der Waals surface area contributed by atoms with E-state index in [1.165, 1.54) is 5.56 Å². The predicted molar refractivity (Wildman–Crippen MR) is 105 cm³/mol. The van der Waals surface area contributed by atoms with E-state index in [1.807, 2.05) is 43.3 Å². The molecule has 5 nitrogen and oxygen atoms in total. The summed E-state index contributed by atoms with van der Waals surface area (Å²) in [5, 5.41) is 0.717. The Bertz CT molecular complexity index is 834. The molecule has 1 unspecified atom stereocenters. The Morgan fingerprint density at radius 3 is 2.70 bits per heavy atom. The summed E-state index contributed by atoms with van der Waals surface area (Å²) in [6.07, 6.45) is 0.602. The lowest BCUT2D eigenvalue weighted by Gasteiger charge is -2.38. The van der Waals surface area contributed by atoms with Crippen molar-refractivity contribution < 1.29 is 14.3 Å². The lowest BCUT2D eigenvalue weighted by Crippen LogP contribution is -2.50. The second-order valence-electron chi connectivity index (χ2n) is 6.83. The fraction of sp³-hybridized carbons (Fsp3) is 0.381. The predicted octanol–water partition coefficient (Wildman–Crippen LogP) is 4.50. The summed E-state index contributed by atoms with van der Waals surface area (Å²) in [6, 6.07) is 14.2. The van der Waals surface area contributed by atoms with Crippen molar-refractivity contribution in [3.8, 4) is 11.5 Å². The van der Waals surface area contributed by atoms with E-state index in [-0.39, 0.29) is 12.1 Å². The van der Waals surface area contributed by atoms with Crippen LogP contribution in [0.4, 0.5) is 4.79 Å². The molecule has 6 heteroatoms. The van der Waals surface area contributed by atoms with Crippen molar-refractivity contribution in [2.45, 2.75) is 19.4 Å². The Hall–Kier alpha value is -2.24. The zero-order valence-corrected chi connectivity index (χ0v) is 16.1. The lowest BCUT2D eigenvalue weighted by molar-refractivity contribution is 0.0657. The Kier molecular flexibility index (Phi) is 5.23. The molecule has 4 rings (SSSR count). The number of fused-ring (bicyclic) bond motifs is 2. The van der Waals surface area contributed by atoms with E-state index in [4.69, 9.17) is 21.1 Å². The molecule has 142 valence electrons. The maximum Gasteiger partial charge on any atom is 0.409 e. The molecule has 0 saturated carbocycles. The number of ether oxygens (including phenoxy) is 2. The fourth-order valence-corrected chi connectivity index (χ4v) is 4.04. The van der Waals surface area contributed by atoms with Crippen LogP contribution in [0.1, 0.15) is 24.1 Å². The third-order valence-electron chi connectivity index (χ3n) is 5.21. The topological polar surface area (TPSA) is 42.0 Å². The summed E-state index contributed by atoms with van der Waals surface area (Å²) in [7, 11) is 0. The number of benzene rings is 2. The quantitative estimate of drug-likeness (QED) is 0.761. The van der Waals surface area contributed by atoms with E-state index < -0.39 is 0 Å². The van der Waals surface area contributed by atoms with Gasteiger partial charge in [-0.2, -0.15) is 0 Å². The van der Waals surface area contributed by atoms with Crippen molar-refractivity contribution in [2.24, 2.45) is 0 Å². The number of nitrogens with zero attached hydrogens (tertiary/aromatic N) is 2. The van der Waals surface area contributed by atoms with E-state index in [2.05, 4.69) is 11.0 Å². The summed E-state index contributed by atoms with van der Waals surface area (Å²) in [5.41, 5.74) is 2.28. The first-order valence-electron chi connectivity index (χ1n) is 9.36. The molecule has 1 atom stereocenters. The third kappa shape index (κ3) is 3.75. The smallest absolute Gasteiger partial charge is 0.409 e. The minimum Gasteiger partial charge on any atom is -0.457 e. The maximum atomic E-state index is 12.0. The second kappa shape index (κ2) is 7.79. The van der Waals surface area contributed by atoms with Crippen LogP contribution in [0.3, 0.4) is 0 Å². The van der Waals surface area contributed by atoms with Crippen molar-refractivity contribution >= 4 is 17.7 Å². The molecule has 2 aromatic carbocycles. The van der Waals surface area contributed by atoms with Crippen molar-refractivity contribution in [1.29, 1.82) is 0 Å². The second-order valence-corrected chi connectivity index (χ2v) is 7.27. The number of amides is 1. The van der Waals surface area contributed by atoms with Crippen molar-refractivity contribution in [1.82, 2.24) is 9.80 Å². The molecule has 0 bridgehead atoms. The van der Waals surface area contributed by atoms with Crippen LogP contribution in [0.5, 0.6) is 11.5 Å². The molecule has 0 radical (unpaired) electrons. The van der Waals surface area contributed by atoms with Gasteiger partial charge in [-0.3, -0.25) is 4.90 Å². The Balaban J connectivity index is 1.59. The number of halogens is 1. The van der Waals surface area contributed by atoms with E-state index in [0.717, 1.165) is 36.6 Å². The average molecular weight is 387 g/mol. The van der Waals surface area contributed by atoms with E-state index in [0.29, 0.717) is 24.7 Å². The average Bonchev–Trinajstić information content (AvgIpc) is 2.85. The lowest BCUT2D eigenvalue weighted by atomic mass is 9.96. The van der Waals surface area contributed by atoms with Crippen LogP contribution < -0.4 is 4.74 Å². The standard InChI is InChI=1S/C21H23ClN2O3/c1-2-26-21(25)24-11-9-23(10-12-24)18-14-15-13-16(22)7-8-19(15)27-20-6-4-3-5-17(18)20/h3-8,13,18H,2,9-12,14H2,1H3. The number of rotatable bonds is 2. The van der Waals surface area contributed by atoms with E-state index in [9.17, 15) is 4.79 Å². The van der Waals surface area contributed by atoms with Gasteiger partial charge in [0.15, 0.2) is 0 Å². The van der Waals surface area contributed by atoms with Gasteiger partial charge in [0.2, 0.25) is 0 Å². The van der Waals surface area contributed by atoms with Gasteiger partial charge in [-0.05, 0) is 43.2 Å². The molecule has 2 aromatic rings. The van der Waals surface area contributed by atoms with Crippen LogP contribution >= 0.6 is 11.6 Å². The highest BCUT2D eigenvalue weighted by atomic mass is 35.5. The van der Waals surface area contributed by atoms with Crippen LogP contribution in [-0.4, -0.2) is 48.7 Å². The Morgan fingerprint density at radius 1 is 1.15 bits per heavy atom. The molecule has 1 saturated heterocycles. The number of carbonyl (C=O) groups excluding carboxylic acids is 1. The van der Waals surface area contributed by atoms with Gasteiger partial charge in [0.05, 0.1) is 6.61 Å². The molecular weight excluding hydrogens is 364 g/mol. The number of hydrogen-bond donors (Lipinski definition) is 0. The highest BCUT2D eigenvalue weighted by molar-refractivity contribution is 6.30. The molecule has 2 aliphatic heterocycles. The van der Waals surface area contributed by atoms with Gasteiger partial charge in [-0.15, -0.1) is 0 Å². The monoisotopic (exact) mass is 386 g/mol. The number of para-hydroxylation sites is 1. The van der Waals surface area contributed by atoms with Crippen LogP contribution in [0.25, 0.3) is 0 Å². The largest absolute Gasteiger partial charge is 0.457 e. The molecule has 1 amide bonds. The van der Waals surface area contributed by atoms with E-state index in [1.54, 1.807) is 4.90 Å². The van der Waals surface area contributed by atoms with Gasteiger partial charge < -0.3 is 14.4 Å². The summed E-state index contributed by atoms with van der Waals surface area (Å²) in [6.45, 7) is 5.17. The Labute approximate surface area is 164 Å². The first-order valence-corrected chi connectivity index (χ1v) is 9.74. The number of hydrogen-bond acceptors (Lipinski definition) is 4. The third-order valence-corrected chi connectivity index (χ3v) is 5.45. The first-order chi connectivity index (χ1) is 13.2. The summed E-state index contributed by atoms with van der Waals surface area (Å²) >= 11 is 6.23. The zero-order valence-electron chi connectivity index (χ0n) is 15.4. The maximum absolute atomic E-state index is 12.0. The van der Waals surface area contributed by atoms with Crippen LogP contribution in [-0.2, 0) is 11.2 Å². The summed E-state index contributed by atoms with van der Waals surface area (Å²) < 4.78 is 11.3. The minimum absolute atomic E-state index is 0.185. The highest BCUT2D eigenvalue weighted by Gasteiger charge is 2.31. The highest BCUT2D eigenvalue weighted by Crippen LogP contribution is 2.41. The van der Waals surface area contributed by atoms with Crippen LogP contribution in [0.15, 0.2) is 42.5 Å². The Morgan fingerprint density at radius 2 is 1.93 bits per heavy atom. The first kappa shape index (κ1) is 18.1. The molecule has 0 N–H and O–H groups in total. The van der Waals surface area contributed by atoms with Gasteiger partial charge in [0.25, 0.3) is 0 Å². The van der Waals surface area contributed by atoms with Gasteiger partial charge in [0, 0.05) is 42.8 Å². The zero-order chi connectivity index (χ0) is 18.8. The van der Waals surface area contributed by atoms with Crippen molar-refractivity contribution in [3.05, 3.63) is 58.6 Å². The van der Waals surface area contributed by atoms with Crippen LogP contribution in [0.2, 0.25) is 5.02 Å². The molecule has 0 aliphatic carbocycles. The van der Waals surface area contributed by atoms with Crippen molar-refractivity contribution in [3.63, 3.8) is 0 Å². The SMILES string of the molecule is CCOC(=O)N1CCN(C2Cc3cc(Cl)ccc3Oc3ccccc32)CC1. The molecule has 0 aromatic heterocycles. The molecular formula is C21H23ClN2O3. The van der Waals surface area contributed by atoms with Crippen molar-refractivity contribution in [2.75, 3.05) is 32.8 Å². The van der Waals surface area contributed by atoms with Gasteiger partial charge >= 0.3 is 6.09 Å². The molecule has 27 heavy (non-hydrogen) atoms. The molecule has 0 spiro atoms. The van der Waals surface area contributed by atoms with Gasteiger partial charge in [0.1, 0.15) is 11.5 Å². The number of carbonyl (C=O) groups is 1.